The molecule has 0 aliphatic carbocycles. The van der Waals surface area contributed by atoms with Gasteiger partial charge in [-0.3, -0.25) is 0 Å². The van der Waals surface area contributed by atoms with Crippen LogP contribution in [0, 0.1) is 0 Å². The summed E-state index contributed by atoms with van der Waals surface area (Å²) in [7, 11) is 2.05. The van der Waals surface area contributed by atoms with E-state index in [0.717, 1.165) is 31.0 Å². The Labute approximate surface area is 108 Å². The lowest BCUT2D eigenvalue weighted by molar-refractivity contribution is 0.563. The van der Waals surface area contributed by atoms with E-state index >= 15 is 0 Å². The summed E-state index contributed by atoms with van der Waals surface area (Å²) in [5.74, 6) is 1.01. The first kappa shape index (κ1) is 12.6. The number of hydrogen-bond acceptors (Lipinski definition) is 4. The molecule has 2 aromatic heterocycles. The molecule has 0 aliphatic heterocycles. The van der Waals surface area contributed by atoms with Crippen LogP contribution >= 0.6 is 0 Å². The van der Waals surface area contributed by atoms with E-state index in [1.165, 1.54) is 5.56 Å². The van der Waals surface area contributed by atoms with Crippen LogP contribution in [0.5, 0.6) is 0 Å². The van der Waals surface area contributed by atoms with E-state index in [2.05, 4.69) is 28.2 Å². The number of hydrogen-bond donors (Lipinski definition) is 1. The Kier molecular flexibility index (Phi) is 4.36. The fourth-order valence-corrected chi connectivity index (χ4v) is 1.90. The highest BCUT2D eigenvalue weighted by atomic mass is 16.3. The van der Waals surface area contributed by atoms with E-state index in [1.54, 1.807) is 12.5 Å². The highest BCUT2D eigenvalue weighted by Crippen LogP contribution is 2.18. The predicted octanol–water partition coefficient (Wildman–Crippen LogP) is 2.42. The predicted molar refractivity (Wildman–Crippen MR) is 72.4 cm³/mol. The Hall–Kier alpha value is -1.81. The Bertz CT molecular complexity index is 468. The van der Waals surface area contributed by atoms with Crippen molar-refractivity contribution < 1.29 is 4.42 Å². The molecule has 1 N–H and O–H groups in total. The van der Waals surface area contributed by atoms with Gasteiger partial charge in [0.1, 0.15) is 5.82 Å². The first-order valence-electron chi connectivity index (χ1n) is 6.18. The van der Waals surface area contributed by atoms with Crippen molar-refractivity contribution in [2.45, 2.75) is 20.0 Å². The van der Waals surface area contributed by atoms with Crippen molar-refractivity contribution in [3.63, 3.8) is 0 Å². The molecule has 96 valence electrons. The largest absolute Gasteiger partial charge is 0.472 e. The molecular formula is C14H19N3O. The number of pyridine rings is 1. The molecule has 4 heteroatoms. The normalized spacial score (nSPS) is 10.6. The smallest absolute Gasteiger partial charge is 0.133 e. The molecule has 18 heavy (non-hydrogen) atoms. The lowest BCUT2D eigenvalue weighted by Gasteiger charge is -2.20. The number of rotatable bonds is 6. The van der Waals surface area contributed by atoms with E-state index in [4.69, 9.17) is 4.42 Å². The molecule has 0 saturated carbocycles. The van der Waals surface area contributed by atoms with E-state index in [0.29, 0.717) is 0 Å². The van der Waals surface area contributed by atoms with Gasteiger partial charge in [-0.1, -0.05) is 13.0 Å². The van der Waals surface area contributed by atoms with Crippen molar-refractivity contribution in [3.05, 3.63) is 48.0 Å². The first-order valence-corrected chi connectivity index (χ1v) is 6.18. The highest BCUT2D eigenvalue weighted by Gasteiger charge is 2.09. The van der Waals surface area contributed by atoms with Crippen LogP contribution in [0.4, 0.5) is 5.82 Å². The summed E-state index contributed by atoms with van der Waals surface area (Å²) in [4.78, 5) is 6.60. The molecule has 4 nitrogen and oxygen atoms in total. The molecule has 2 aromatic rings. The van der Waals surface area contributed by atoms with Gasteiger partial charge >= 0.3 is 0 Å². The van der Waals surface area contributed by atoms with Crippen molar-refractivity contribution in [1.29, 1.82) is 0 Å². The lowest BCUT2D eigenvalue weighted by atomic mass is 10.2. The van der Waals surface area contributed by atoms with Gasteiger partial charge in [-0.05, 0) is 18.7 Å². The molecule has 0 aliphatic rings. The van der Waals surface area contributed by atoms with Gasteiger partial charge in [0.05, 0.1) is 12.5 Å². The summed E-state index contributed by atoms with van der Waals surface area (Å²) in [6.45, 7) is 4.70. The summed E-state index contributed by atoms with van der Waals surface area (Å²) < 4.78 is 5.09. The van der Waals surface area contributed by atoms with Crippen molar-refractivity contribution in [1.82, 2.24) is 10.3 Å². The van der Waals surface area contributed by atoms with Crippen molar-refractivity contribution >= 4 is 5.82 Å². The van der Waals surface area contributed by atoms with Crippen molar-refractivity contribution in [2.24, 2.45) is 0 Å². The van der Waals surface area contributed by atoms with Crippen LogP contribution in [-0.2, 0) is 13.1 Å². The van der Waals surface area contributed by atoms with E-state index in [-0.39, 0.29) is 0 Å². The minimum Gasteiger partial charge on any atom is -0.472 e. The second kappa shape index (κ2) is 6.21. The van der Waals surface area contributed by atoms with Gasteiger partial charge in [0.2, 0.25) is 0 Å². The molecule has 0 atom stereocenters. The quantitative estimate of drug-likeness (QED) is 0.848. The van der Waals surface area contributed by atoms with Gasteiger partial charge in [-0.25, -0.2) is 4.98 Å². The number of nitrogens with one attached hydrogen (secondary N) is 1. The summed E-state index contributed by atoms with van der Waals surface area (Å²) in [5, 5.41) is 3.33. The summed E-state index contributed by atoms with van der Waals surface area (Å²) in [5.41, 5.74) is 2.36. The maximum atomic E-state index is 5.09. The van der Waals surface area contributed by atoms with Crippen molar-refractivity contribution in [2.75, 3.05) is 18.5 Å². The maximum Gasteiger partial charge on any atom is 0.133 e. The van der Waals surface area contributed by atoms with Gasteiger partial charge in [0.15, 0.2) is 0 Å². The SMILES string of the molecule is CCNCc1cccnc1N(C)Cc1ccoc1. The third-order valence-electron chi connectivity index (χ3n) is 2.79. The molecule has 0 fully saturated rings. The Balaban J connectivity index is 2.11. The highest BCUT2D eigenvalue weighted by molar-refractivity contribution is 5.46. The second-order valence-electron chi connectivity index (χ2n) is 4.25. The minimum atomic E-state index is 0.798. The molecular weight excluding hydrogens is 226 g/mol. The lowest BCUT2D eigenvalue weighted by Crippen LogP contribution is -2.21. The topological polar surface area (TPSA) is 41.3 Å². The maximum absolute atomic E-state index is 5.09. The average Bonchev–Trinajstić information content (AvgIpc) is 2.89. The third kappa shape index (κ3) is 3.11. The van der Waals surface area contributed by atoms with Gasteiger partial charge in [-0.2, -0.15) is 0 Å². The number of furan rings is 1. The zero-order valence-electron chi connectivity index (χ0n) is 10.9. The van der Waals surface area contributed by atoms with Gasteiger partial charge in [0.25, 0.3) is 0 Å². The van der Waals surface area contributed by atoms with Gasteiger partial charge in [-0.15, -0.1) is 0 Å². The Morgan fingerprint density at radius 1 is 1.39 bits per heavy atom. The number of anilines is 1. The average molecular weight is 245 g/mol. The molecule has 0 saturated heterocycles. The van der Waals surface area contributed by atoms with Gasteiger partial charge < -0.3 is 14.6 Å². The third-order valence-corrected chi connectivity index (χ3v) is 2.79. The molecule has 2 rings (SSSR count). The zero-order valence-corrected chi connectivity index (χ0v) is 10.9. The molecule has 0 aromatic carbocycles. The van der Waals surface area contributed by atoms with Crippen LogP contribution in [-0.4, -0.2) is 18.6 Å². The first-order chi connectivity index (χ1) is 8.81. The van der Waals surface area contributed by atoms with Crippen LogP contribution in [0.3, 0.4) is 0 Å². The molecule has 0 spiro atoms. The molecule has 0 unspecified atom stereocenters. The molecule has 0 bridgehead atoms. The van der Waals surface area contributed by atoms with E-state index < -0.39 is 0 Å². The van der Waals surface area contributed by atoms with Crippen LogP contribution < -0.4 is 10.2 Å². The van der Waals surface area contributed by atoms with E-state index in [9.17, 15) is 0 Å². The monoisotopic (exact) mass is 245 g/mol. The molecule has 0 amide bonds. The number of nitrogens with zero attached hydrogens (tertiary/aromatic N) is 2. The second-order valence-corrected chi connectivity index (χ2v) is 4.25. The fourth-order valence-electron chi connectivity index (χ4n) is 1.90. The molecule has 2 heterocycles. The van der Waals surface area contributed by atoms with E-state index in [1.807, 2.05) is 25.4 Å². The standard InChI is InChI=1S/C14H19N3O/c1-3-15-9-13-5-4-7-16-14(13)17(2)10-12-6-8-18-11-12/h4-8,11,15H,3,9-10H2,1-2H3. The van der Waals surface area contributed by atoms with Crippen LogP contribution in [0.15, 0.2) is 41.3 Å². The van der Waals surface area contributed by atoms with Gasteiger partial charge in [0, 0.05) is 37.5 Å². The molecule has 0 radical (unpaired) electrons. The summed E-state index contributed by atoms with van der Waals surface area (Å²) in [6.07, 6.45) is 5.29. The Morgan fingerprint density at radius 3 is 3.00 bits per heavy atom. The minimum absolute atomic E-state index is 0.798. The Morgan fingerprint density at radius 2 is 2.28 bits per heavy atom. The van der Waals surface area contributed by atoms with Crippen LogP contribution in [0.1, 0.15) is 18.1 Å². The van der Waals surface area contributed by atoms with Crippen molar-refractivity contribution in [3.8, 4) is 0 Å². The summed E-state index contributed by atoms with van der Waals surface area (Å²) >= 11 is 0. The summed E-state index contributed by atoms with van der Waals surface area (Å²) in [6, 6.07) is 6.06. The van der Waals surface area contributed by atoms with Crippen LogP contribution in [0.2, 0.25) is 0 Å². The zero-order chi connectivity index (χ0) is 12.8. The van der Waals surface area contributed by atoms with Crippen LogP contribution in [0.25, 0.3) is 0 Å². The fraction of sp³-hybridized carbons (Fsp3) is 0.357. The number of aromatic nitrogens is 1.